The normalized spacial score (nSPS) is 13.8. The third-order valence-corrected chi connectivity index (χ3v) is 6.83. The molecule has 4 rings (SSSR count). The fourth-order valence-corrected chi connectivity index (χ4v) is 5.05. The van der Waals surface area contributed by atoms with Crippen molar-refractivity contribution in [1.82, 2.24) is 0 Å². The van der Waals surface area contributed by atoms with Crippen LogP contribution in [0.2, 0.25) is 0 Å². The van der Waals surface area contributed by atoms with Gasteiger partial charge < -0.3 is 5.32 Å². The first-order valence-electron chi connectivity index (χ1n) is 9.79. The number of carbonyl (C=O) groups is 1. The topological polar surface area (TPSA) is 66.5 Å². The summed E-state index contributed by atoms with van der Waals surface area (Å²) in [5.74, 6) is -0.278. The lowest BCUT2D eigenvalue weighted by atomic mass is 10.0. The summed E-state index contributed by atoms with van der Waals surface area (Å²) in [6, 6.07) is 23.4. The Hall–Kier alpha value is -3.38. The Labute approximate surface area is 176 Å². The summed E-state index contributed by atoms with van der Waals surface area (Å²) in [4.78, 5) is 12.3. The largest absolute Gasteiger partial charge is 0.323 e. The summed E-state index contributed by atoms with van der Waals surface area (Å²) in [6.45, 7) is 0.460. The van der Waals surface area contributed by atoms with Crippen molar-refractivity contribution in [3.8, 4) is 0 Å². The number of amides is 1. The Balaban J connectivity index is 1.48. The summed E-state index contributed by atoms with van der Waals surface area (Å²) in [7, 11) is -3.66. The molecule has 0 atom stereocenters. The van der Waals surface area contributed by atoms with Gasteiger partial charge in [-0.3, -0.25) is 9.10 Å². The van der Waals surface area contributed by atoms with Crippen LogP contribution in [0, 0.1) is 0 Å². The fraction of sp³-hybridized carbons (Fsp3) is 0.125. The summed E-state index contributed by atoms with van der Waals surface area (Å²) in [6.07, 6.45) is 4.84. The van der Waals surface area contributed by atoms with E-state index < -0.39 is 10.0 Å². The van der Waals surface area contributed by atoms with Crippen LogP contribution in [0.4, 0.5) is 11.4 Å². The van der Waals surface area contributed by atoms with Gasteiger partial charge in [-0.2, -0.15) is 0 Å². The van der Waals surface area contributed by atoms with Crippen molar-refractivity contribution in [2.45, 2.75) is 17.7 Å². The molecule has 1 aliphatic heterocycles. The second kappa shape index (κ2) is 8.55. The van der Waals surface area contributed by atoms with Crippen molar-refractivity contribution in [2.75, 3.05) is 16.2 Å². The van der Waals surface area contributed by atoms with E-state index in [1.807, 2.05) is 54.6 Å². The molecule has 1 amide bonds. The van der Waals surface area contributed by atoms with Crippen LogP contribution in [0.1, 0.15) is 17.5 Å². The third-order valence-electron chi connectivity index (χ3n) is 5.00. The van der Waals surface area contributed by atoms with E-state index in [0.29, 0.717) is 12.2 Å². The average Bonchev–Trinajstić information content (AvgIpc) is 2.78. The number of anilines is 2. The number of hydrogen-bond donors (Lipinski definition) is 1. The van der Waals surface area contributed by atoms with E-state index >= 15 is 0 Å². The Morgan fingerprint density at radius 3 is 2.37 bits per heavy atom. The molecular formula is C24H22N2O3S. The van der Waals surface area contributed by atoms with Gasteiger partial charge in [0.25, 0.3) is 10.0 Å². The molecule has 0 radical (unpaired) electrons. The summed E-state index contributed by atoms with van der Waals surface area (Å²) in [5.41, 5.74) is 3.25. The minimum Gasteiger partial charge on any atom is -0.323 e. The highest BCUT2D eigenvalue weighted by Crippen LogP contribution is 2.32. The minimum absolute atomic E-state index is 0.206. The molecule has 5 nitrogen and oxygen atoms in total. The number of nitrogens with zero attached hydrogens (tertiary/aromatic N) is 1. The molecule has 0 aromatic heterocycles. The predicted octanol–water partition coefficient (Wildman–Crippen LogP) is 4.48. The van der Waals surface area contributed by atoms with Gasteiger partial charge >= 0.3 is 0 Å². The van der Waals surface area contributed by atoms with Crippen molar-refractivity contribution in [2.24, 2.45) is 0 Å². The molecule has 0 aliphatic carbocycles. The van der Waals surface area contributed by atoms with E-state index in [2.05, 4.69) is 5.32 Å². The number of fused-ring (bicyclic) bond motifs is 1. The molecule has 0 fully saturated rings. The molecule has 1 N–H and O–H groups in total. The molecule has 3 aromatic rings. The van der Waals surface area contributed by atoms with Gasteiger partial charge in [-0.25, -0.2) is 8.42 Å². The predicted molar refractivity (Wildman–Crippen MR) is 120 cm³/mol. The van der Waals surface area contributed by atoms with Gasteiger partial charge in [0.1, 0.15) is 0 Å². The number of carbonyl (C=O) groups excluding carboxylic acids is 1. The number of sulfonamides is 1. The molecule has 1 aliphatic rings. The molecule has 0 spiro atoms. The van der Waals surface area contributed by atoms with Gasteiger partial charge in [-0.15, -0.1) is 0 Å². The van der Waals surface area contributed by atoms with Gasteiger partial charge in [-0.05, 0) is 60.4 Å². The third kappa shape index (κ3) is 4.28. The molecule has 3 aromatic carbocycles. The molecule has 1 heterocycles. The van der Waals surface area contributed by atoms with E-state index in [1.165, 1.54) is 22.5 Å². The maximum Gasteiger partial charge on any atom is 0.264 e. The van der Waals surface area contributed by atoms with Crippen molar-refractivity contribution in [3.05, 3.63) is 96.1 Å². The Morgan fingerprint density at radius 1 is 0.900 bits per heavy atom. The lowest BCUT2D eigenvalue weighted by Crippen LogP contribution is -2.35. The van der Waals surface area contributed by atoms with E-state index in [-0.39, 0.29) is 10.8 Å². The van der Waals surface area contributed by atoms with E-state index in [1.54, 1.807) is 18.2 Å². The van der Waals surface area contributed by atoms with E-state index in [4.69, 9.17) is 0 Å². The minimum atomic E-state index is -3.66. The zero-order chi connectivity index (χ0) is 21.0. The van der Waals surface area contributed by atoms with E-state index in [0.717, 1.165) is 29.7 Å². The molecule has 0 saturated heterocycles. The van der Waals surface area contributed by atoms with Crippen LogP contribution in [0.25, 0.3) is 6.08 Å². The monoisotopic (exact) mass is 418 g/mol. The van der Waals surface area contributed by atoms with Gasteiger partial charge in [0.2, 0.25) is 5.91 Å². The number of rotatable bonds is 5. The van der Waals surface area contributed by atoms with Crippen LogP contribution in [0.15, 0.2) is 89.8 Å². The molecule has 152 valence electrons. The van der Waals surface area contributed by atoms with Crippen LogP contribution in [-0.2, 0) is 21.2 Å². The number of para-hydroxylation sites is 1. The number of aryl methyl sites for hydroxylation is 1. The Bertz CT molecular complexity index is 1170. The molecule has 0 unspecified atom stereocenters. The molecule has 6 heteroatoms. The van der Waals surface area contributed by atoms with Crippen LogP contribution in [0.5, 0.6) is 0 Å². The Kier molecular flexibility index (Phi) is 5.68. The van der Waals surface area contributed by atoms with Crippen LogP contribution in [0.3, 0.4) is 0 Å². The fourth-order valence-electron chi connectivity index (χ4n) is 3.51. The van der Waals surface area contributed by atoms with Gasteiger partial charge in [0, 0.05) is 18.3 Å². The highest BCUT2D eigenvalue weighted by atomic mass is 32.2. The number of benzene rings is 3. The van der Waals surface area contributed by atoms with Crippen molar-refractivity contribution >= 4 is 33.4 Å². The standard InChI is InChI=1S/C24H22N2O3S/c27-24(17-12-19-7-2-1-3-8-19)25-21-13-15-22(16-14-21)30(28,29)26-18-6-10-20-9-4-5-11-23(20)26/h1-5,7-9,11-17H,6,10,18H2,(H,25,27). The SMILES string of the molecule is O=C(C=Cc1ccccc1)Nc1ccc(S(=O)(=O)N2CCCc3ccccc32)cc1. The summed E-state index contributed by atoms with van der Waals surface area (Å²) < 4.78 is 27.8. The maximum absolute atomic E-state index is 13.2. The van der Waals surface area contributed by atoms with Crippen molar-refractivity contribution in [3.63, 3.8) is 0 Å². The van der Waals surface area contributed by atoms with Gasteiger partial charge in [0.15, 0.2) is 0 Å². The maximum atomic E-state index is 13.2. The van der Waals surface area contributed by atoms with Crippen LogP contribution >= 0.6 is 0 Å². The summed E-state index contributed by atoms with van der Waals surface area (Å²) >= 11 is 0. The van der Waals surface area contributed by atoms with E-state index in [9.17, 15) is 13.2 Å². The van der Waals surface area contributed by atoms with Crippen molar-refractivity contribution < 1.29 is 13.2 Å². The molecule has 0 saturated carbocycles. The van der Waals surface area contributed by atoms with Gasteiger partial charge in [-0.1, -0.05) is 48.5 Å². The van der Waals surface area contributed by atoms with Crippen LogP contribution in [-0.4, -0.2) is 20.9 Å². The second-order valence-electron chi connectivity index (χ2n) is 7.07. The van der Waals surface area contributed by atoms with Crippen molar-refractivity contribution in [1.29, 1.82) is 0 Å². The zero-order valence-electron chi connectivity index (χ0n) is 16.4. The molecular weight excluding hydrogens is 396 g/mol. The second-order valence-corrected chi connectivity index (χ2v) is 8.93. The first kappa shape index (κ1) is 19.9. The highest BCUT2D eigenvalue weighted by molar-refractivity contribution is 7.92. The first-order chi connectivity index (χ1) is 14.5. The number of hydrogen-bond acceptors (Lipinski definition) is 3. The lowest BCUT2D eigenvalue weighted by molar-refractivity contribution is -0.111. The number of nitrogens with one attached hydrogen (secondary N) is 1. The quantitative estimate of drug-likeness (QED) is 0.621. The first-order valence-corrected chi connectivity index (χ1v) is 11.2. The smallest absolute Gasteiger partial charge is 0.264 e. The summed E-state index contributed by atoms with van der Waals surface area (Å²) in [5, 5.41) is 2.75. The lowest BCUT2D eigenvalue weighted by Gasteiger charge is -2.30. The average molecular weight is 419 g/mol. The molecule has 0 bridgehead atoms. The van der Waals surface area contributed by atoms with Crippen LogP contribution < -0.4 is 9.62 Å². The zero-order valence-corrected chi connectivity index (χ0v) is 17.2. The highest BCUT2D eigenvalue weighted by Gasteiger charge is 2.28. The molecule has 30 heavy (non-hydrogen) atoms. The van der Waals surface area contributed by atoms with Gasteiger partial charge in [0.05, 0.1) is 10.6 Å². The Morgan fingerprint density at radius 2 is 1.60 bits per heavy atom.